The number of carbonyl (C=O) groups excluding carboxylic acids is 1. The highest BCUT2D eigenvalue weighted by Crippen LogP contribution is 2.33. The fraction of sp³-hybridized carbons (Fsp3) is 0.900. The SMILES string of the molecule is CC(=O)N[C@@H](N1C[C@H](C)O[C@@H](C)C1)C(Cl)(Cl)Cl. The summed E-state index contributed by atoms with van der Waals surface area (Å²) in [4.78, 5) is 13.1. The molecule has 0 aliphatic carbocycles. The van der Waals surface area contributed by atoms with Crippen LogP contribution in [0.4, 0.5) is 0 Å². The molecule has 4 nitrogen and oxygen atoms in total. The molecule has 0 aromatic carbocycles. The lowest BCUT2D eigenvalue weighted by Gasteiger charge is -2.42. The number of carbonyl (C=O) groups is 1. The van der Waals surface area contributed by atoms with E-state index in [0.717, 1.165) is 0 Å². The Balaban J connectivity index is 2.78. The second kappa shape index (κ2) is 5.93. The van der Waals surface area contributed by atoms with Crippen molar-refractivity contribution in [2.75, 3.05) is 13.1 Å². The van der Waals surface area contributed by atoms with Crippen LogP contribution in [-0.4, -0.2) is 46.1 Å². The molecule has 1 saturated heterocycles. The minimum Gasteiger partial charge on any atom is -0.373 e. The molecule has 3 atom stereocenters. The molecule has 0 saturated carbocycles. The number of rotatable bonds is 2. The molecule has 7 heteroatoms. The highest BCUT2D eigenvalue weighted by atomic mass is 35.6. The Labute approximate surface area is 117 Å². The van der Waals surface area contributed by atoms with Crippen LogP contribution in [0.5, 0.6) is 0 Å². The number of nitrogens with one attached hydrogen (secondary N) is 1. The van der Waals surface area contributed by atoms with Crippen molar-refractivity contribution in [1.82, 2.24) is 10.2 Å². The molecule has 0 bridgehead atoms. The first-order valence-corrected chi connectivity index (χ1v) is 6.57. The molecule has 100 valence electrons. The molecule has 17 heavy (non-hydrogen) atoms. The summed E-state index contributed by atoms with van der Waals surface area (Å²) in [5, 5.41) is 2.67. The van der Waals surface area contributed by atoms with E-state index in [1.165, 1.54) is 6.92 Å². The third kappa shape index (κ3) is 4.79. The average Bonchev–Trinajstić information content (AvgIpc) is 2.10. The van der Waals surface area contributed by atoms with Crippen LogP contribution in [-0.2, 0) is 9.53 Å². The molecular formula is C10H17Cl3N2O2. The lowest BCUT2D eigenvalue weighted by molar-refractivity contribution is -0.124. The van der Waals surface area contributed by atoms with E-state index in [1.807, 2.05) is 18.7 Å². The van der Waals surface area contributed by atoms with Crippen molar-refractivity contribution in [3.8, 4) is 0 Å². The van der Waals surface area contributed by atoms with Crippen molar-refractivity contribution in [2.24, 2.45) is 0 Å². The molecule has 1 N–H and O–H groups in total. The van der Waals surface area contributed by atoms with E-state index in [1.54, 1.807) is 0 Å². The summed E-state index contributed by atoms with van der Waals surface area (Å²) in [5.41, 5.74) is 0. The molecular weight excluding hydrogens is 286 g/mol. The van der Waals surface area contributed by atoms with Gasteiger partial charge in [-0.25, -0.2) is 0 Å². The Hall–Kier alpha value is 0.260. The van der Waals surface area contributed by atoms with Gasteiger partial charge in [-0.15, -0.1) is 0 Å². The topological polar surface area (TPSA) is 41.6 Å². The summed E-state index contributed by atoms with van der Waals surface area (Å²) in [6.45, 7) is 6.53. The maximum absolute atomic E-state index is 11.2. The van der Waals surface area contributed by atoms with Gasteiger partial charge in [0.05, 0.1) is 12.2 Å². The summed E-state index contributed by atoms with van der Waals surface area (Å²) in [6.07, 6.45) is -0.552. The number of hydrogen-bond acceptors (Lipinski definition) is 3. The third-order valence-corrected chi connectivity index (χ3v) is 3.08. The van der Waals surface area contributed by atoms with Crippen molar-refractivity contribution < 1.29 is 9.53 Å². The largest absolute Gasteiger partial charge is 0.373 e. The number of morpholine rings is 1. The normalized spacial score (nSPS) is 28.8. The number of nitrogens with zero attached hydrogens (tertiary/aromatic N) is 1. The first kappa shape index (κ1) is 15.3. The summed E-state index contributed by atoms with van der Waals surface area (Å²) in [7, 11) is 0. The fourth-order valence-corrected chi connectivity index (χ4v) is 2.58. The number of halogens is 3. The first-order chi connectivity index (χ1) is 7.70. The molecule has 0 unspecified atom stereocenters. The van der Waals surface area contributed by atoms with Gasteiger partial charge in [-0.1, -0.05) is 34.8 Å². The highest BCUT2D eigenvalue weighted by Gasteiger charge is 2.40. The second-order valence-corrected chi connectivity index (χ2v) is 6.72. The summed E-state index contributed by atoms with van der Waals surface area (Å²) in [5.74, 6) is -0.229. The van der Waals surface area contributed by atoms with E-state index in [4.69, 9.17) is 39.5 Å². The first-order valence-electron chi connectivity index (χ1n) is 5.43. The van der Waals surface area contributed by atoms with Gasteiger partial charge in [0, 0.05) is 20.0 Å². The molecule has 0 radical (unpaired) electrons. The second-order valence-electron chi connectivity index (χ2n) is 4.36. The van der Waals surface area contributed by atoms with Crippen LogP contribution >= 0.6 is 34.8 Å². The Morgan fingerprint density at radius 3 is 2.18 bits per heavy atom. The van der Waals surface area contributed by atoms with Crippen LogP contribution in [0, 0.1) is 0 Å². The number of hydrogen-bond donors (Lipinski definition) is 1. The molecule has 1 heterocycles. The van der Waals surface area contributed by atoms with Gasteiger partial charge in [0.2, 0.25) is 9.70 Å². The number of ether oxygens (including phenoxy) is 1. The van der Waals surface area contributed by atoms with E-state index < -0.39 is 9.96 Å². The van der Waals surface area contributed by atoms with E-state index in [-0.39, 0.29) is 18.1 Å². The van der Waals surface area contributed by atoms with Crippen molar-refractivity contribution in [2.45, 2.75) is 42.9 Å². The van der Waals surface area contributed by atoms with Crippen LogP contribution < -0.4 is 5.32 Å². The predicted octanol–water partition coefficient (Wildman–Crippen LogP) is 1.93. The van der Waals surface area contributed by atoms with Crippen LogP contribution in [0.3, 0.4) is 0 Å². The monoisotopic (exact) mass is 302 g/mol. The van der Waals surface area contributed by atoms with Gasteiger partial charge in [0.1, 0.15) is 6.17 Å². The van der Waals surface area contributed by atoms with Crippen LogP contribution in [0.25, 0.3) is 0 Å². The molecule has 1 fully saturated rings. The zero-order valence-corrected chi connectivity index (χ0v) is 12.3. The van der Waals surface area contributed by atoms with Gasteiger partial charge in [0.25, 0.3) is 0 Å². The predicted molar refractivity (Wildman–Crippen MR) is 69.5 cm³/mol. The van der Waals surface area contributed by atoms with Crippen molar-refractivity contribution in [1.29, 1.82) is 0 Å². The minimum atomic E-state index is -1.57. The fourth-order valence-electron chi connectivity index (χ4n) is 2.00. The maximum atomic E-state index is 11.2. The zero-order chi connectivity index (χ0) is 13.2. The van der Waals surface area contributed by atoms with Gasteiger partial charge in [0.15, 0.2) is 0 Å². The molecule has 1 amide bonds. The van der Waals surface area contributed by atoms with Crippen molar-refractivity contribution >= 4 is 40.7 Å². The minimum absolute atomic E-state index is 0.0439. The van der Waals surface area contributed by atoms with E-state index in [0.29, 0.717) is 13.1 Å². The molecule has 1 aliphatic rings. The third-order valence-electron chi connectivity index (χ3n) is 2.46. The van der Waals surface area contributed by atoms with Crippen LogP contribution in [0.15, 0.2) is 0 Å². The Morgan fingerprint density at radius 1 is 1.35 bits per heavy atom. The van der Waals surface area contributed by atoms with Gasteiger partial charge in [-0.05, 0) is 13.8 Å². The maximum Gasteiger partial charge on any atom is 0.223 e. The van der Waals surface area contributed by atoms with Gasteiger partial charge < -0.3 is 10.1 Å². The van der Waals surface area contributed by atoms with Crippen LogP contribution in [0.1, 0.15) is 20.8 Å². The molecule has 0 aromatic rings. The van der Waals surface area contributed by atoms with E-state index >= 15 is 0 Å². The standard InChI is InChI=1S/C10H17Cl3N2O2/c1-6-4-15(5-7(2)17-6)9(10(11,12)13)14-8(3)16/h6-7,9H,4-5H2,1-3H3,(H,14,16)/t6-,7-,9-/m0/s1. The van der Waals surface area contributed by atoms with Crippen molar-refractivity contribution in [3.05, 3.63) is 0 Å². The number of amides is 1. The molecule has 1 rings (SSSR count). The Morgan fingerprint density at radius 2 is 1.82 bits per heavy atom. The van der Waals surface area contributed by atoms with Gasteiger partial charge in [-0.2, -0.15) is 0 Å². The van der Waals surface area contributed by atoms with Gasteiger partial charge >= 0.3 is 0 Å². The van der Waals surface area contributed by atoms with Crippen LogP contribution in [0.2, 0.25) is 0 Å². The Kier molecular flexibility index (Phi) is 5.35. The lowest BCUT2D eigenvalue weighted by Crippen LogP contribution is -2.60. The summed E-state index contributed by atoms with van der Waals surface area (Å²) in [6, 6.07) is 0. The zero-order valence-electron chi connectivity index (χ0n) is 10.0. The highest BCUT2D eigenvalue weighted by molar-refractivity contribution is 6.68. The molecule has 0 spiro atoms. The quantitative estimate of drug-likeness (QED) is 0.793. The lowest BCUT2D eigenvalue weighted by atomic mass is 10.2. The number of alkyl halides is 3. The Bertz CT molecular complexity index is 273. The van der Waals surface area contributed by atoms with E-state index in [9.17, 15) is 4.79 Å². The molecule has 0 aromatic heterocycles. The van der Waals surface area contributed by atoms with Gasteiger partial charge in [-0.3, -0.25) is 9.69 Å². The molecule has 1 aliphatic heterocycles. The summed E-state index contributed by atoms with van der Waals surface area (Å²) >= 11 is 17.7. The van der Waals surface area contributed by atoms with E-state index in [2.05, 4.69) is 5.32 Å². The summed E-state index contributed by atoms with van der Waals surface area (Å²) < 4.78 is 4.03. The van der Waals surface area contributed by atoms with Crippen molar-refractivity contribution in [3.63, 3.8) is 0 Å². The smallest absolute Gasteiger partial charge is 0.223 e. The average molecular weight is 304 g/mol.